The largest absolute Gasteiger partial charge is 0.384 e. The molecule has 24 heavy (non-hydrogen) atoms. The number of rotatable bonds is 6. The van der Waals surface area contributed by atoms with Gasteiger partial charge in [-0.1, -0.05) is 18.2 Å². The van der Waals surface area contributed by atoms with Crippen molar-refractivity contribution in [2.45, 2.75) is 13.3 Å². The van der Waals surface area contributed by atoms with Gasteiger partial charge in [-0.3, -0.25) is 4.79 Å². The molecule has 3 aromatic rings. The first kappa shape index (κ1) is 15.9. The van der Waals surface area contributed by atoms with Crippen molar-refractivity contribution >= 4 is 11.5 Å². The third-order valence-corrected chi connectivity index (χ3v) is 3.80. The summed E-state index contributed by atoms with van der Waals surface area (Å²) in [6.07, 6.45) is 4.40. The monoisotopic (exact) mass is 323 g/mol. The van der Waals surface area contributed by atoms with Gasteiger partial charge in [-0.25, -0.2) is 9.07 Å². The molecule has 0 spiro atoms. The van der Waals surface area contributed by atoms with E-state index in [-0.39, 0.29) is 11.3 Å². The van der Waals surface area contributed by atoms with Gasteiger partial charge in [-0.2, -0.15) is 5.10 Å². The van der Waals surface area contributed by atoms with E-state index in [2.05, 4.69) is 10.4 Å². The second-order valence-electron chi connectivity index (χ2n) is 5.51. The lowest BCUT2D eigenvalue weighted by atomic mass is 10.1. The summed E-state index contributed by atoms with van der Waals surface area (Å²) in [5.74, 6) is -0.768. The average molecular weight is 323 g/mol. The third kappa shape index (κ3) is 3.51. The predicted octanol–water partition coefficient (Wildman–Crippen LogP) is 3.87. The maximum absolute atomic E-state index is 13.8. The lowest BCUT2D eigenvalue weighted by Gasteiger charge is -2.11. The number of halogens is 1. The molecule has 0 aliphatic rings. The molecule has 0 aliphatic carbocycles. The van der Waals surface area contributed by atoms with Crippen molar-refractivity contribution < 1.29 is 9.18 Å². The smallest absolute Gasteiger partial charge is 0.164 e. The van der Waals surface area contributed by atoms with Crippen LogP contribution in [0.1, 0.15) is 22.8 Å². The zero-order chi connectivity index (χ0) is 16.9. The van der Waals surface area contributed by atoms with Crippen molar-refractivity contribution in [2.24, 2.45) is 0 Å². The van der Waals surface area contributed by atoms with E-state index >= 15 is 0 Å². The van der Waals surface area contributed by atoms with Crippen LogP contribution in [0, 0.1) is 5.82 Å². The lowest BCUT2D eigenvalue weighted by Crippen LogP contribution is -2.10. The van der Waals surface area contributed by atoms with Gasteiger partial charge in [0.05, 0.1) is 11.3 Å². The Hall–Kier alpha value is -2.95. The molecule has 0 bridgehead atoms. The van der Waals surface area contributed by atoms with Gasteiger partial charge in [0.15, 0.2) is 5.78 Å². The number of carbonyl (C=O) groups excluding carboxylic acids is 1. The molecule has 122 valence electrons. The summed E-state index contributed by atoms with van der Waals surface area (Å²) >= 11 is 0. The number of carbonyl (C=O) groups is 1. The fraction of sp³-hybridized carbons (Fsp3) is 0.158. The summed E-state index contributed by atoms with van der Waals surface area (Å²) in [6.45, 7) is 1.99. The maximum Gasteiger partial charge on any atom is 0.164 e. The van der Waals surface area contributed by atoms with E-state index in [0.717, 1.165) is 17.7 Å². The Morgan fingerprint density at radius 2 is 1.96 bits per heavy atom. The minimum absolute atomic E-state index is 0.117. The number of hydrogen-bond donors (Lipinski definition) is 1. The molecular weight excluding hydrogens is 305 g/mol. The zero-order valence-electron chi connectivity index (χ0n) is 13.4. The van der Waals surface area contributed by atoms with E-state index in [1.807, 2.05) is 36.5 Å². The first-order valence-electron chi connectivity index (χ1n) is 7.77. The van der Waals surface area contributed by atoms with Crippen LogP contribution in [0.15, 0.2) is 60.9 Å². The summed E-state index contributed by atoms with van der Waals surface area (Å²) in [6, 6.07) is 14.6. The Kier molecular flexibility index (Phi) is 4.70. The molecule has 3 rings (SSSR count). The van der Waals surface area contributed by atoms with Crippen molar-refractivity contribution in [1.82, 2.24) is 9.78 Å². The van der Waals surface area contributed by atoms with E-state index in [0.29, 0.717) is 12.2 Å². The van der Waals surface area contributed by atoms with Gasteiger partial charge in [0.1, 0.15) is 5.82 Å². The van der Waals surface area contributed by atoms with Crippen LogP contribution in [0.25, 0.3) is 5.69 Å². The molecule has 0 aliphatic heterocycles. The lowest BCUT2D eigenvalue weighted by molar-refractivity contribution is 0.101. The maximum atomic E-state index is 13.8. The van der Waals surface area contributed by atoms with Crippen LogP contribution in [-0.2, 0) is 6.42 Å². The summed E-state index contributed by atoms with van der Waals surface area (Å²) in [4.78, 5) is 11.6. The van der Waals surface area contributed by atoms with Crippen LogP contribution < -0.4 is 5.32 Å². The number of anilines is 1. The van der Waals surface area contributed by atoms with Gasteiger partial charge in [0, 0.05) is 24.6 Å². The number of nitrogens with one attached hydrogen (secondary N) is 1. The second kappa shape index (κ2) is 7.08. The highest BCUT2D eigenvalue weighted by Crippen LogP contribution is 2.19. The van der Waals surface area contributed by atoms with Gasteiger partial charge in [0.2, 0.25) is 0 Å². The van der Waals surface area contributed by atoms with Crippen molar-refractivity contribution in [2.75, 3.05) is 11.9 Å². The standard InChI is InChI=1S/C19H18FN3O/c1-14(24)19-17(20)4-2-5-18(19)21-12-10-15-6-8-16(9-7-15)23-13-3-11-22-23/h2-9,11,13,21H,10,12H2,1H3. The third-order valence-electron chi connectivity index (χ3n) is 3.80. The minimum Gasteiger partial charge on any atom is -0.384 e. The SMILES string of the molecule is CC(=O)c1c(F)cccc1NCCc1ccc(-n2cccn2)cc1. The van der Waals surface area contributed by atoms with Gasteiger partial charge < -0.3 is 5.32 Å². The second-order valence-corrected chi connectivity index (χ2v) is 5.51. The normalized spacial score (nSPS) is 10.6. The first-order chi connectivity index (χ1) is 11.6. The molecule has 4 nitrogen and oxygen atoms in total. The van der Waals surface area contributed by atoms with Crippen molar-refractivity contribution in [1.29, 1.82) is 0 Å². The highest BCUT2D eigenvalue weighted by atomic mass is 19.1. The van der Waals surface area contributed by atoms with E-state index in [9.17, 15) is 9.18 Å². The Labute approximate surface area is 139 Å². The topological polar surface area (TPSA) is 46.9 Å². The molecule has 0 radical (unpaired) electrons. The molecule has 0 fully saturated rings. The summed E-state index contributed by atoms with van der Waals surface area (Å²) < 4.78 is 15.6. The Morgan fingerprint density at radius 3 is 2.62 bits per heavy atom. The van der Waals surface area contributed by atoms with Crippen LogP contribution in [0.4, 0.5) is 10.1 Å². The van der Waals surface area contributed by atoms with Crippen molar-refractivity contribution in [3.8, 4) is 5.69 Å². The van der Waals surface area contributed by atoms with Crippen molar-refractivity contribution in [3.63, 3.8) is 0 Å². The quantitative estimate of drug-likeness (QED) is 0.701. The number of nitrogens with zero attached hydrogens (tertiary/aromatic N) is 2. The highest BCUT2D eigenvalue weighted by Gasteiger charge is 2.12. The predicted molar refractivity (Wildman–Crippen MR) is 92.2 cm³/mol. The number of Topliss-reactive ketones (excluding diaryl/α,β-unsaturated/α-hetero) is 1. The van der Waals surface area contributed by atoms with Gasteiger partial charge in [0.25, 0.3) is 0 Å². The molecule has 0 amide bonds. The number of ketones is 1. The van der Waals surface area contributed by atoms with Gasteiger partial charge >= 0.3 is 0 Å². The highest BCUT2D eigenvalue weighted by molar-refractivity contribution is 5.99. The Balaban J connectivity index is 1.63. The molecule has 0 saturated carbocycles. The summed E-state index contributed by atoms with van der Waals surface area (Å²) in [5.41, 5.74) is 2.81. The van der Waals surface area contributed by atoms with E-state index in [1.54, 1.807) is 23.0 Å². The van der Waals surface area contributed by atoms with Crippen LogP contribution in [0.2, 0.25) is 0 Å². The molecular formula is C19H18FN3O. The molecule has 5 heteroatoms. The number of benzene rings is 2. The van der Waals surface area contributed by atoms with Crippen LogP contribution in [0.3, 0.4) is 0 Å². The molecule has 1 N–H and O–H groups in total. The minimum atomic E-state index is -0.490. The van der Waals surface area contributed by atoms with Gasteiger partial charge in [-0.05, 0) is 49.2 Å². The number of hydrogen-bond acceptors (Lipinski definition) is 3. The molecule has 1 aromatic heterocycles. The molecule has 1 heterocycles. The van der Waals surface area contributed by atoms with Crippen LogP contribution in [0.5, 0.6) is 0 Å². The van der Waals surface area contributed by atoms with E-state index < -0.39 is 5.82 Å². The number of aromatic nitrogens is 2. The van der Waals surface area contributed by atoms with Crippen molar-refractivity contribution in [3.05, 3.63) is 77.9 Å². The fourth-order valence-electron chi connectivity index (χ4n) is 2.61. The van der Waals surface area contributed by atoms with E-state index in [4.69, 9.17) is 0 Å². The Morgan fingerprint density at radius 1 is 1.17 bits per heavy atom. The first-order valence-corrected chi connectivity index (χ1v) is 7.77. The molecule has 0 saturated heterocycles. The van der Waals surface area contributed by atoms with Crippen LogP contribution >= 0.6 is 0 Å². The zero-order valence-corrected chi connectivity index (χ0v) is 13.4. The molecule has 0 atom stereocenters. The van der Waals surface area contributed by atoms with Crippen LogP contribution in [-0.4, -0.2) is 22.1 Å². The Bertz CT molecular complexity index is 826. The molecule has 0 unspecified atom stereocenters. The fourth-order valence-corrected chi connectivity index (χ4v) is 2.61. The molecule has 2 aromatic carbocycles. The summed E-state index contributed by atoms with van der Waals surface area (Å²) in [7, 11) is 0. The van der Waals surface area contributed by atoms with E-state index in [1.165, 1.54) is 13.0 Å². The average Bonchev–Trinajstić information content (AvgIpc) is 3.10. The summed E-state index contributed by atoms with van der Waals surface area (Å²) in [5, 5.41) is 7.34. The van der Waals surface area contributed by atoms with Gasteiger partial charge in [-0.15, -0.1) is 0 Å².